The molecule has 4 nitrogen and oxygen atoms in total. The SMILES string of the molecule is COc1ccc(O)cc1C(N)c1cc2ccccc2o1. The molecular weight excluding hydrogens is 254 g/mol. The maximum atomic E-state index is 9.63. The van der Waals surface area contributed by atoms with Crippen LogP contribution in [0.4, 0.5) is 0 Å². The average molecular weight is 269 g/mol. The molecule has 102 valence electrons. The van der Waals surface area contributed by atoms with Gasteiger partial charge in [0.1, 0.15) is 22.8 Å². The van der Waals surface area contributed by atoms with Crippen LogP contribution < -0.4 is 10.5 Å². The molecule has 0 aliphatic carbocycles. The number of methoxy groups -OCH3 is 1. The van der Waals surface area contributed by atoms with Gasteiger partial charge in [0, 0.05) is 10.9 Å². The van der Waals surface area contributed by atoms with Gasteiger partial charge in [-0.3, -0.25) is 0 Å². The lowest BCUT2D eigenvalue weighted by atomic mass is 10.0. The number of fused-ring (bicyclic) bond motifs is 1. The molecule has 0 amide bonds. The Morgan fingerprint density at radius 3 is 2.70 bits per heavy atom. The summed E-state index contributed by atoms with van der Waals surface area (Å²) in [6.45, 7) is 0. The number of phenols is 1. The summed E-state index contributed by atoms with van der Waals surface area (Å²) in [5, 5.41) is 10.6. The predicted octanol–water partition coefficient (Wildman–Crippen LogP) is 3.20. The van der Waals surface area contributed by atoms with Crippen molar-refractivity contribution >= 4 is 11.0 Å². The van der Waals surface area contributed by atoms with Crippen LogP contribution in [0, 0.1) is 0 Å². The second-order valence-electron chi connectivity index (χ2n) is 4.59. The van der Waals surface area contributed by atoms with Crippen molar-refractivity contribution in [2.45, 2.75) is 6.04 Å². The molecule has 4 heteroatoms. The number of aromatic hydroxyl groups is 1. The summed E-state index contributed by atoms with van der Waals surface area (Å²) in [6.07, 6.45) is 0. The number of nitrogens with two attached hydrogens (primary N) is 1. The number of phenolic OH excluding ortho intramolecular Hbond substituents is 1. The van der Waals surface area contributed by atoms with Crippen LogP contribution in [-0.4, -0.2) is 12.2 Å². The molecule has 0 radical (unpaired) electrons. The lowest BCUT2D eigenvalue weighted by molar-refractivity contribution is 0.401. The van der Waals surface area contributed by atoms with Crippen LogP contribution in [0.15, 0.2) is 52.9 Å². The highest BCUT2D eigenvalue weighted by Crippen LogP contribution is 2.33. The van der Waals surface area contributed by atoms with E-state index in [0.29, 0.717) is 17.1 Å². The van der Waals surface area contributed by atoms with Gasteiger partial charge in [-0.25, -0.2) is 0 Å². The van der Waals surface area contributed by atoms with Crippen LogP contribution >= 0.6 is 0 Å². The fourth-order valence-electron chi connectivity index (χ4n) is 2.27. The first-order valence-electron chi connectivity index (χ1n) is 6.30. The van der Waals surface area contributed by atoms with Crippen LogP contribution in [0.2, 0.25) is 0 Å². The van der Waals surface area contributed by atoms with Crippen molar-refractivity contribution in [3.05, 3.63) is 59.9 Å². The standard InChI is InChI=1S/C16H15NO3/c1-19-14-7-6-11(18)9-12(14)16(17)15-8-10-4-2-3-5-13(10)20-15/h2-9,16,18H,17H2,1H3. The smallest absolute Gasteiger partial charge is 0.134 e. The van der Waals surface area contributed by atoms with Gasteiger partial charge in [-0.1, -0.05) is 18.2 Å². The van der Waals surface area contributed by atoms with Gasteiger partial charge in [0.15, 0.2) is 0 Å². The molecule has 20 heavy (non-hydrogen) atoms. The van der Waals surface area contributed by atoms with Gasteiger partial charge in [-0.15, -0.1) is 0 Å². The van der Waals surface area contributed by atoms with Gasteiger partial charge in [0.05, 0.1) is 13.2 Å². The van der Waals surface area contributed by atoms with Gasteiger partial charge < -0.3 is 20.0 Å². The third-order valence-electron chi connectivity index (χ3n) is 3.30. The molecule has 0 aliphatic rings. The number of furan rings is 1. The zero-order valence-corrected chi connectivity index (χ0v) is 11.0. The maximum absolute atomic E-state index is 9.63. The summed E-state index contributed by atoms with van der Waals surface area (Å²) < 4.78 is 11.0. The van der Waals surface area contributed by atoms with Crippen LogP contribution in [0.3, 0.4) is 0 Å². The van der Waals surface area contributed by atoms with Crippen LogP contribution in [0.5, 0.6) is 11.5 Å². The molecule has 1 atom stereocenters. The molecule has 2 aromatic carbocycles. The number of rotatable bonds is 3. The molecule has 1 aromatic heterocycles. The fourth-order valence-corrected chi connectivity index (χ4v) is 2.27. The zero-order chi connectivity index (χ0) is 14.1. The van der Waals surface area contributed by atoms with Gasteiger partial charge in [-0.2, -0.15) is 0 Å². The molecule has 0 fully saturated rings. The van der Waals surface area contributed by atoms with E-state index < -0.39 is 6.04 Å². The number of ether oxygens (including phenoxy) is 1. The second-order valence-corrected chi connectivity index (χ2v) is 4.59. The Morgan fingerprint density at radius 2 is 1.95 bits per heavy atom. The zero-order valence-electron chi connectivity index (χ0n) is 11.0. The van der Waals surface area contributed by atoms with Crippen LogP contribution in [0.25, 0.3) is 11.0 Å². The molecule has 0 saturated carbocycles. The van der Waals surface area contributed by atoms with E-state index in [0.717, 1.165) is 11.0 Å². The summed E-state index contributed by atoms with van der Waals surface area (Å²) >= 11 is 0. The van der Waals surface area contributed by atoms with E-state index in [-0.39, 0.29) is 5.75 Å². The van der Waals surface area contributed by atoms with Crippen molar-refractivity contribution in [3.8, 4) is 11.5 Å². The minimum atomic E-state index is -0.496. The molecule has 1 unspecified atom stereocenters. The van der Waals surface area contributed by atoms with Crippen molar-refractivity contribution < 1.29 is 14.3 Å². The molecule has 0 saturated heterocycles. The first-order chi connectivity index (χ1) is 9.69. The molecule has 3 rings (SSSR count). The average Bonchev–Trinajstić information content (AvgIpc) is 2.90. The van der Waals surface area contributed by atoms with E-state index in [1.54, 1.807) is 25.3 Å². The molecule has 3 N–H and O–H groups in total. The van der Waals surface area contributed by atoms with E-state index in [1.807, 2.05) is 30.3 Å². The van der Waals surface area contributed by atoms with Crippen molar-refractivity contribution in [2.75, 3.05) is 7.11 Å². The van der Waals surface area contributed by atoms with E-state index in [1.165, 1.54) is 0 Å². The van der Waals surface area contributed by atoms with Crippen LogP contribution in [-0.2, 0) is 0 Å². The molecular formula is C16H15NO3. The first-order valence-corrected chi connectivity index (χ1v) is 6.30. The summed E-state index contributed by atoms with van der Waals surface area (Å²) in [7, 11) is 1.57. The number of para-hydroxylation sites is 1. The molecule has 0 aliphatic heterocycles. The first kappa shape index (κ1) is 12.6. The van der Waals surface area contributed by atoms with E-state index in [9.17, 15) is 5.11 Å². The van der Waals surface area contributed by atoms with Gasteiger partial charge in [-0.05, 0) is 30.3 Å². The predicted molar refractivity (Wildman–Crippen MR) is 76.9 cm³/mol. The molecule has 0 bridgehead atoms. The Hall–Kier alpha value is -2.46. The highest BCUT2D eigenvalue weighted by molar-refractivity contribution is 5.78. The van der Waals surface area contributed by atoms with Crippen molar-refractivity contribution in [2.24, 2.45) is 5.73 Å². The molecule has 0 spiro atoms. The summed E-state index contributed by atoms with van der Waals surface area (Å²) in [5.74, 6) is 1.40. The van der Waals surface area contributed by atoms with E-state index in [2.05, 4.69) is 0 Å². The quantitative estimate of drug-likeness (QED) is 0.766. The third kappa shape index (κ3) is 2.10. The Labute approximate surface area is 116 Å². The second kappa shape index (κ2) is 4.90. The normalized spacial score (nSPS) is 12.5. The molecule has 1 heterocycles. The van der Waals surface area contributed by atoms with E-state index in [4.69, 9.17) is 14.9 Å². The monoisotopic (exact) mass is 269 g/mol. The number of benzene rings is 2. The molecule has 3 aromatic rings. The summed E-state index contributed by atoms with van der Waals surface area (Å²) in [6, 6.07) is 14.0. The number of hydrogen-bond donors (Lipinski definition) is 2. The lowest BCUT2D eigenvalue weighted by Crippen LogP contribution is -2.12. The Bertz CT molecular complexity index is 715. The number of hydrogen-bond acceptors (Lipinski definition) is 4. The van der Waals surface area contributed by atoms with Gasteiger partial charge >= 0.3 is 0 Å². The van der Waals surface area contributed by atoms with E-state index >= 15 is 0 Å². The Kier molecular flexibility index (Phi) is 3.08. The topological polar surface area (TPSA) is 68.6 Å². The fraction of sp³-hybridized carbons (Fsp3) is 0.125. The minimum Gasteiger partial charge on any atom is -0.508 e. The van der Waals surface area contributed by atoms with Gasteiger partial charge in [0.25, 0.3) is 0 Å². The van der Waals surface area contributed by atoms with Crippen molar-refractivity contribution in [3.63, 3.8) is 0 Å². The highest BCUT2D eigenvalue weighted by atomic mass is 16.5. The lowest BCUT2D eigenvalue weighted by Gasteiger charge is -2.14. The third-order valence-corrected chi connectivity index (χ3v) is 3.30. The summed E-state index contributed by atoms with van der Waals surface area (Å²) in [5.41, 5.74) is 7.72. The van der Waals surface area contributed by atoms with Crippen molar-refractivity contribution in [1.82, 2.24) is 0 Å². The maximum Gasteiger partial charge on any atom is 0.134 e. The summed E-state index contributed by atoms with van der Waals surface area (Å²) in [4.78, 5) is 0. The van der Waals surface area contributed by atoms with Crippen LogP contribution in [0.1, 0.15) is 17.4 Å². The minimum absolute atomic E-state index is 0.146. The van der Waals surface area contributed by atoms with Crippen molar-refractivity contribution in [1.29, 1.82) is 0 Å². The highest BCUT2D eigenvalue weighted by Gasteiger charge is 2.18. The Morgan fingerprint density at radius 1 is 1.15 bits per heavy atom. The largest absolute Gasteiger partial charge is 0.508 e. The van der Waals surface area contributed by atoms with Gasteiger partial charge in [0.2, 0.25) is 0 Å². The Balaban J connectivity index is 2.07.